The standard InChI is InChI=1S/C39H23BrS/c40-32-20-19-24(22-9-7-10-23(21-22)25-14-8-15-27-26-11-3-6-18-33(26)41-38(25)27)34-35(32)37-29-13-2-5-17-31(29)39(37)30-16-4-1-12-28(30)36(34)39/h1-21,36-37H. The molecule has 1 aromatic heterocycles. The van der Waals surface area contributed by atoms with E-state index < -0.39 is 0 Å². The first-order valence-corrected chi connectivity index (χ1v) is 15.9. The zero-order valence-corrected chi connectivity index (χ0v) is 24.5. The molecule has 192 valence electrons. The summed E-state index contributed by atoms with van der Waals surface area (Å²) in [6.07, 6.45) is 0. The normalized spacial score (nSPS) is 20.9. The van der Waals surface area contributed by atoms with E-state index in [4.69, 9.17) is 0 Å². The highest BCUT2D eigenvalue weighted by Crippen LogP contribution is 2.78. The fraction of sp³-hybridized carbons (Fsp3) is 0.0769. The average molecular weight is 604 g/mol. The molecule has 0 bridgehead atoms. The van der Waals surface area contributed by atoms with Crippen molar-refractivity contribution in [1.82, 2.24) is 0 Å². The van der Waals surface area contributed by atoms with Crippen LogP contribution in [-0.4, -0.2) is 0 Å². The third-order valence-electron chi connectivity index (χ3n) is 10.0. The van der Waals surface area contributed by atoms with Crippen LogP contribution in [0.25, 0.3) is 42.4 Å². The van der Waals surface area contributed by atoms with E-state index in [9.17, 15) is 0 Å². The molecule has 10 rings (SSSR count). The van der Waals surface area contributed by atoms with Crippen LogP contribution in [0.3, 0.4) is 0 Å². The molecule has 3 atom stereocenters. The average Bonchev–Trinajstić information content (AvgIpc) is 3.49. The summed E-state index contributed by atoms with van der Waals surface area (Å²) >= 11 is 5.93. The van der Waals surface area contributed by atoms with E-state index in [0.717, 1.165) is 0 Å². The Bertz CT molecular complexity index is 2250. The number of fused-ring (bicyclic) bond motifs is 10. The van der Waals surface area contributed by atoms with Crippen molar-refractivity contribution in [3.63, 3.8) is 0 Å². The van der Waals surface area contributed by atoms with Crippen LogP contribution >= 0.6 is 27.3 Å². The topological polar surface area (TPSA) is 0 Å². The molecule has 0 fully saturated rings. The highest BCUT2D eigenvalue weighted by atomic mass is 79.9. The molecular weight excluding hydrogens is 580 g/mol. The smallest absolute Gasteiger partial charge is 0.0433 e. The van der Waals surface area contributed by atoms with Gasteiger partial charge >= 0.3 is 0 Å². The van der Waals surface area contributed by atoms with Crippen LogP contribution in [-0.2, 0) is 5.41 Å². The van der Waals surface area contributed by atoms with Crippen LogP contribution in [0.1, 0.15) is 45.2 Å². The van der Waals surface area contributed by atoms with Crippen LogP contribution in [0.4, 0.5) is 0 Å². The quantitative estimate of drug-likeness (QED) is 0.184. The summed E-state index contributed by atoms with van der Waals surface area (Å²) < 4.78 is 3.95. The van der Waals surface area contributed by atoms with Gasteiger partial charge in [-0.05, 0) is 73.8 Å². The minimum Gasteiger partial charge on any atom is -0.135 e. The number of thiophene rings is 1. The van der Waals surface area contributed by atoms with E-state index in [-0.39, 0.29) is 5.41 Å². The zero-order chi connectivity index (χ0) is 26.9. The third-order valence-corrected chi connectivity index (χ3v) is 12.0. The predicted octanol–water partition coefficient (Wildman–Crippen LogP) is 11.0. The van der Waals surface area contributed by atoms with Gasteiger partial charge in [-0.3, -0.25) is 0 Å². The molecule has 3 unspecified atom stereocenters. The van der Waals surface area contributed by atoms with Gasteiger partial charge in [-0.1, -0.05) is 125 Å². The minimum atomic E-state index is 0.0639. The Morgan fingerprint density at radius 3 is 1.98 bits per heavy atom. The van der Waals surface area contributed by atoms with Gasteiger partial charge in [0.15, 0.2) is 0 Å². The molecule has 3 aliphatic rings. The van der Waals surface area contributed by atoms with Gasteiger partial charge in [-0.2, -0.15) is 0 Å². The summed E-state index contributed by atoms with van der Waals surface area (Å²) in [6.45, 7) is 0. The Morgan fingerprint density at radius 2 is 1.17 bits per heavy atom. The molecule has 0 N–H and O–H groups in total. The number of hydrogen-bond acceptors (Lipinski definition) is 1. The molecule has 0 saturated carbocycles. The molecule has 0 saturated heterocycles. The van der Waals surface area contributed by atoms with Crippen molar-refractivity contribution in [2.75, 3.05) is 0 Å². The van der Waals surface area contributed by atoms with Crippen molar-refractivity contribution in [2.24, 2.45) is 0 Å². The molecule has 0 aliphatic heterocycles. The second kappa shape index (κ2) is 7.85. The van der Waals surface area contributed by atoms with Gasteiger partial charge in [0.2, 0.25) is 0 Å². The summed E-state index contributed by atoms with van der Waals surface area (Å²) in [5.41, 5.74) is 14.4. The van der Waals surface area contributed by atoms with Gasteiger partial charge in [0.1, 0.15) is 0 Å². The third kappa shape index (κ3) is 2.63. The number of rotatable bonds is 2. The summed E-state index contributed by atoms with van der Waals surface area (Å²) in [7, 11) is 0. The van der Waals surface area contributed by atoms with E-state index >= 15 is 0 Å². The number of hydrogen-bond donors (Lipinski definition) is 0. The second-order valence-electron chi connectivity index (χ2n) is 11.7. The molecule has 1 spiro atoms. The fourth-order valence-corrected chi connectivity index (χ4v) is 10.4. The van der Waals surface area contributed by atoms with E-state index in [2.05, 4.69) is 143 Å². The van der Waals surface area contributed by atoms with E-state index in [0.29, 0.717) is 11.8 Å². The Labute approximate surface area is 251 Å². The Balaban J connectivity index is 1.20. The molecule has 2 heteroatoms. The first-order valence-electron chi connectivity index (χ1n) is 14.3. The number of halogens is 1. The SMILES string of the molecule is Brc1ccc(-c2cccc(-c3cccc4c3sc3ccccc34)c2)c2c1C1c3ccccc3C13c1ccccc1C23. The van der Waals surface area contributed by atoms with Gasteiger partial charge in [0.25, 0.3) is 0 Å². The molecule has 0 nitrogen and oxygen atoms in total. The molecule has 3 aliphatic carbocycles. The van der Waals surface area contributed by atoms with Crippen LogP contribution in [0.5, 0.6) is 0 Å². The van der Waals surface area contributed by atoms with Crippen molar-refractivity contribution in [1.29, 1.82) is 0 Å². The number of benzene rings is 6. The van der Waals surface area contributed by atoms with Gasteiger partial charge in [-0.15, -0.1) is 11.3 Å². The van der Waals surface area contributed by atoms with Gasteiger partial charge in [-0.25, -0.2) is 0 Å². The van der Waals surface area contributed by atoms with Crippen molar-refractivity contribution in [3.8, 4) is 22.3 Å². The van der Waals surface area contributed by atoms with Gasteiger partial charge < -0.3 is 0 Å². The van der Waals surface area contributed by atoms with Crippen molar-refractivity contribution < 1.29 is 0 Å². The van der Waals surface area contributed by atoms with Crippen LogP contribution in [0.2, 0.25) is 0 Å². The molecule has 0 amide bonds. The Hall–Kier alpha value is -3.98. The van der Waals surface area contributed by atoms with Crippen LogP contribution in [0, 0.1) is 0 Å². The van der Waals surface area contributed by atoms with Crippen LogP contribution < -0.4 is 0 Å². The summed E-state index contributed by atoms with van der Waals surface area (Å²) in [4.78, 5) is 0. The first kappa shape index (κ1) is 22.7. The summed E-state index contributed by atoms with van der Waals surface area (Å²) in [6, 6.07) is 47.8. The Morgan fingerprint density at radius 1 is 0.537 bits per heavy atom. The highest BCUT2D eigenvalue weighted by molar-refractivity contribution is 9.10. The molecule has 7 aromatic rings. The summed E-state index contributed by atoms with van der Waals surface area (Å²) in [5, 5.41) is 2.70. The molecule has 1 heterocycles. The molecule has 6 aromatic carbocycles. The lowest BCUT2D eigenvalue weighted by Gasteiger charge is -2.58. The lowest BCUT2D eigenvalue weighted by Crippen LogP contribution is -2.52. The van der Waals surface area contributed by atoms with Gasteiger partial charge in [0.05, 0.1) is 0 Å². The predicted molar refractivity (Wildman–Crippen MR) is 175 cm³/mol. The zero-order valence-electron chi connectivity index (χ0n) is 22.1. The highest BCUT2D eigenvalue weighted by Gasteiger charge is 2.70. The first-order chi connectivity index (χ1) is 20.3. The lowest BCUT2D eigenvalue weighted by atomic mass is 9.43. The van der Waals surface area contributed by atoms with Crippen molar-refractivity contribution in [2.45, 2.75) is 17.3 Å². The van der Waals surface area contributed by atoms with Gasteiger partial charge in [0, 0.05) is 41.9 Å². The lowest BCUT2D eigenvalue weighted by molar-refractivity contribution is 0.332. The molecule has 41 heavy (non-hydrogen) atoms. The molecule has 0 radical (unpaired) electrons. The van der Waals surface area contributed by atoms with Crippen molar-refractivity contribution >= 4 is 47.4 Å². The largest absolute Gasteiger partial charge is 0.135 e. The van der Waals surface area contributed by atoms with E-state index in [1.807, 2.05) is 11.3 Å². The maximum atomic E-state index is 4.03. The Kier molecular flexibility index (Phi) is 4.34. The van der Waals surface area contributed by atoms with Crippen LogP contribution in [0.15, 0.2) is 132 Å². The maximum absolute atomic E-state index is 4.03. The van der Waals surface area contributed by atoms with E-state index in [1.54, 1.807) is 0 Å². The monoisotopic (exact) mass is 602 g/mol. The minimum absolute atomic E-state index is 0.0639. The summed E-state index contributed by atoms with van der Waals surface area (Å²) in [5.74, 6) is 0.786. The fourth-order valence-electron chi connectivity index (χ4n) is 8.58. The van der Waals surface area contributed by atoms with E-state index in [1.165, 1.54) is 80.3 Å². The second-order valence-corrected chi connectivity index (χ2v) is 13.6. The molecular formula is C39H23BrS. The van der Waals surface area contributed by atoms with Crippen molar-refractivity contribution in [3.05, 3.63) is 165 Å². The maximum Gasteiger partial charge on any atom is 0.0433 e.